The standard InChI is InChI=1S/C13H22N2S/c1-4-12(9-14)15-7-5-6-11(13(15)16)8-10(2)3/h10-12H,4-8H2,1-3H3. The molecule has 2 atom stereocenters. The number of hydrogen-bond acceptors (Lipinski definition) is 2. The lowest BCUT2D eigenvalue weighted by atomic mass is 9.89. The predicted molar refractivity (Wildman–Crippen MR) is 71.2 cm³/mol. The lowest BCUT2D eigenvalue weighted by molar-refractivity contribution is 0.282. The van der Waals surface area contributed by atoms with E-state index >= 15 is 0 Å². The monoisotopic (exact) mass is 238 g/mol. The summed E-state index contributed by atoms with van der Waals surface area (Å²) in [5.41, 5.74) is 0. The average molecular weight is 238 g/mol. The first-order valence-corrected chi connectivity index (χ1v) is 6.71. The summed E-state index contributed by atoms with van der Waals surface area (Å²) in [6.45, 7) is 7.51. The van der Waals surface area contributed by atoms with Crippen LogP contribution in [0.5, 0.6) is 0 Å². The van der Waals surface area contributed by atoms with Crippen LogP contribution in [0, 0.1) is 23.2 Å². The predicted octanol–water partition coefficient (Wildman–Crippen LogP) is 3.37. The van der Waals surface area contributed by atoms with Crippen LogP contribution in [0.4, 0.5) is 0 Å². The largest absolute Gasteiger partial charge is 0.350 e. The van der Waals surface area contributed by atoms with Gasteiger partial charge < -0.3 is 4.90 Å². The molecule has 0 aliphatic carbocycles. The summed E-state index contributed by atoms with van der Waals surface area (Å²) >= 11 is 5.55. The van der Waals surface area contributed by atoms with Gasteiger partial charge in [0.05, 0.1) is 11.1 Å². The Bertz CT molecular complexity index is 280. The van der Waals surface area contributed by atoms with Crippen molar-refractivity contribution in [1.82, 2.24) is 4.90 Å². The van der Waals surface area contributed by atoms with Crippen LogP contribution in [0.2, 0.25) is 0 Å². The van der Waals surface area contributed by atoms with Crippen LogP contribution >= 0.6 is 12.2 Å². The third kappa shape index (κ3) is 3.18. The summed E-state index contributed by atoms with van der Waals surface area (Å²) in [6, 6.07) is 2.35. The van der Waals surface area contributed by atoms with Crippen molar-refractivity contribution in [1.29, 1.82) is 5.26 Å². The number of piperidine rings is 1. The summed E-state index contributed by atoms with van der Waals surface area (Å²) in [6.07, 6.45) is 4.41. The minimum atomic E-state index is -0.0116. The SMILES string of the molecule is CCC(C#N)N1CCCC(CC(C)C)C1=S. The van der Waals surface area contributed by atoms with Gasteiger partial charge in [-0.1, -0.05) is 33.0 Å². The zero-order valence-electron chi connectivity index (χ0n) is 10.6. The molecule has 1 aliphatic rings. The molecule has 90 valence electrons. The highest BCUT2D eigenvalue weighted by molar-refractivity contribution is 7.80. The molecular weight excluding hydrogens is 216 g/mol. The Balaban J connectivity index is 2.67. The number of hydrogen-bond donors (Lipinski definition) is 0. The van der Waals surface area contributed by atoms with Crippen molar-refractivity contribution in [3.8, 4) is 6.07 Å². The van der Waals surface area contributed by atoms with Crippen LogP contribution < -0.4 is 0 Å². The van der Waals surface area contributed by atoms with Gasteiger partial charge in [-0.05, 0) is 31.6 Å². The second kappa shape index (κ2) is 6.20. The highest BCUT2D eigenvalue weighted by atomic mass is 32.1. The van der Waals surface area contributed by atoms with Gasteiger partial charge in [-0.15, -0.1) is 0 Å². The molecule has 0 radical (unpaired) electrons. The van der Waals surface area contributed by atoms with E-state index in [0.717, 1.165) is 24.4 Å². The Morgan fingerprint density at radius 3 is 2.75 bits per heavy atom. The normalized spacial score (nSPS) is 23.3. The van der Waals surface area contributed by atoms with E-state index in [1.54, 1.807) is 0 Å². The van der Waals surface area contributed by atoms with Gasteiger partial charge in [0, 0.05) is 12.5 Å². The molecule has 1 heterocycles. The summed E-state index contributed by atoms with van der Waals surface area (Å²) < 4.78 is 0. The fraction of sp³-hybridized carbons (Fsp3) is 0.846. The number of nitrogens with zero attached hydrogens (tertiary/aromatic N) is 2. The number of rotatable bonds is 4. The molecule has 16 heavy (non-hydrogen) atoms. The maximum atomic E-state index is 9.11. The van der Waals surface area contributed by atoms with Crippen molar-refractivity contribution in [3.05, 3.63) is 0 Å². The first kappa shape index (κ1) is 13.4. The molecule has 0 spiro atoms. The molecule has 0 bridgehead atoms. The number of likely N-dealkylation sites (tertiary alicyclic amines) is 1. The molecule has 1 fully saturated rings. The molecule has 0 aromatic carbocycles. The van der Waals surface area contributed by atoms with Gasteiger partial charge in [-0.3, -0.25) is 0 Å². The van der Waals surface area contributed by atoms with Crippen LogP contribution in [0.25, 0.3) is 0 Å². The van der Waals surface area contributed by atoms with E-state index in [2.05, 4.69) is 31.7 Å². The topological polar surface area (TPSA) is 27.0 Å². The molecular formula is C13H22N2S. The lowest BCUT2D eigenvalue weighted by Crippen LogP contribution is -2.45. The van der Waals surface area contributed by atoms with Crippen molar-refractivity contribution >= 4 is 17.2 Å². The van der Waals surface area contributed by atoms with Crippen LogP contribution in [-0.2, 0) is 0 Å². The third-order valence-corrected chi connectivity index (χ3v) is 3.82. The quantitative estimate of drug-likeness (QED) is 0.703. The second-order valence-electron chi connectivity index (χ2n) is 5.05. The molecule has 2 unspecified atom stereocenters. The zero-order chi connectivity index (χ0) is 12.1. The molecule has 2 nitrogen and oxygen atoms in total. The zero-order valence-corrected chi connectivity index (χ0v) is 11.4. The Kier molecular flexibility index (Phi) is 5.21. The lowest BCUT2D eigenvalue weighted by Gasteiger charge is -2.38. The van der Waals surface area contributed by atoms with E-state index in [-0.39, 0.29) is 6.04 Å². The van der Waals surface area contributed by atoms with Crippen LogP contribution in [0.15, 0.2) is 0 Å². The number of nitriles is 1. The van der Waals surface area contributed by atoms with Crippen molar-refractivity contribution in [2.75, 3.05) is 6.54 Å². The maximum absolute atomic E-state index is 9.11. The molecule has 1 rings (SSSR count). The van der Waals surface area contributed by atoms with Gasteiger partial charge in [-0.2, -0.15) is 5.26 Å². The highest BCUT2D eigenvalue weighted by Crippen LogP contribution is 2.27. The van der Waals surface area contributed by atoms with Gasteiger partial charge >= 0.3 is 0 Å². The van der Waals surface area contributed by atoms with E-state index in [9.17, 15) is 0 Å². The number of thiocarbonyl (C=S) groups is 1. The van der Waals surface area contributed by atoms with Crippen LogP contribution in [-0.4, -0.2) is 22.5 Å². The fourth-order valence-corrected chi connectivity index (χ4v) is 2.89. The Labute approximate surface area is 105 Å². The van der Waals surface area contributed by atoms with E-state index in [1.165, 1.54) is 12.8 Å². The molecule has 0 aromatic rings. The van der Waals surface area contributed by atoms with E-state index in [1.807, 2.05) is 0 Å². The van der Waals surface area contributed by atoms with Gasteiger partial charge in [-0.25, -0.2) is 0 Å². The maximum Gasteiger partial charge on any atom is 0.117 e. The van der Waals surface area contributed by atoms with Gasteiger partial charge in [0.1, 0.15) is 6.04 Å². The minimum Gasteiger partial charge on any atom is -0.350 e. The van der Waals surface area contributed by atoms with Crippen molar-refractivity contribution < 1.29 is 0 Å². The minimum absolute atomic E-state index is 0.0116. The van der Waals surface area contributed by atoms with Crippen molar-refractivity contribution in [3.63, 3.8) is 0 Å². The molecule has 3 heteroatoms. The van der Waals surface area contributed by atoms with Gasteiger partial charge in [0.25, 0.3) is 0 Å². The first-order chi connectivity index (χ1) is 7.60. The van der Waals surface area contributed by atoms with Gasteiger partial charge in [0.15, 0.2) is 0 Å². The van der Waals surface area contributed by atoms with Crippen molar-refractivity contribution in [2.24, 2.45) is 11.8 Å². The van der Waals surface area contributed by atoms with Crippen LogP contribution in [0.1, 0.15) is 46.5 Å². The molecule has 0 saturated carbocycles. The summed E-state index contributed by atoms with van der Waals surface area (Å²) in [5, 5.41) is 9.11. The molecule has 1 saturated heterocycles. The Morgan fingerprint density at radius 1 is 1.56 bits per heavy atom. The van der Waals surface area contributed by atoms with E-state index in [0.29, 0.717) is 11.8 Å². The summed E-state index contributed by atoms with van der Waals surface area (Å²) in [5.74, 6) is 1.20. The third-order valence-electron chi connectivity index (χ3n) is 3.25. The summed E-state index contributed by atoms with van der Waals surface area (Å²) in [7, 11) is 0. The fourth-order valence-electron chi connectivity index (χ4n) is 2.45. The Hall–Kier alpha value is -0.620. The smallest absolute Gasteiger partial charge is 0.117 e. The molecule has 0 amide bonds. The van der Waals surface area contributed by atoms with Crippen LogP contribution in [0.3, 0.4) is 0 Å². The first-order valence-electron chi connectivity index (χ1n) is 6.30. The van der Waals surface area contributed by atoms with Gasteiger partial charge in [0.2, 0.25) is 0 Å². The Morgan fingerprint density at radius 2 is 2.25 bits per heavy atom. The highest BCUT2D eigenvalue weighted by Gasteiger charge is 2.29. The molecule has 0 aromatic heterocycles. The molecule has 1 aliphatic heterocycles. The molecule has 0 N–H and O–H groups in total. The summed E-state index contributed by atoms with van der Waals surface area (Å²) in [4.78, 5) is 3.19. The van der Waals surface area contributed by atoms with E-state index in [4.69, 9.17) is 17.5 Å². The average Bonchev–Trinajstić information content (AvgIpc) is 2.24. The van der Waals surface area contributed by atoms with Crippen molar-refractivity contribution in [2.45, 2.75) is 52.5 Å². The second-order valence-corrected chi connectivity index (χ2v) is 5.47. The van der Waals surface area contributed by atoms with E-state index < -0.39 is 0 Å².